The largest absolute Gasteiger partial charge is 0.481 e. The number of benzene rings is 3. The fourth-order valence-electron chi connectivity index (χ4n) is 3.03. The normalized spacial score (nSPS) is 11.5. The van der Waals surface area contributed by atoms with Crippen molar-refractivity contribution in [2.45, 2.75) is 11.4 Å². The van der Waals surface area contributed by atoms with Gasteiger partial charge in [0.15, 0.2) is 6.61 Å². The molecule has 32 heavy (non-hydrogen) atoms. The summed E-state index contributed by atoms with van der Waals surface area (Å²) >= 11 is 5.65. The van der Waals surface area contributed by atoms with E-state index in [1.165, 1.54) is 19.2 Å². The van der Waals surface area contributed by atoms with Crippen molar-refractivity contribution in [3.63, 3.8) is 0 Å². The molecule has 10 heteroatoms. The van der Waals surface area contributed by atoms with Crippen LogP contribution in [0.1, 0.15) is 5.56 Å². The predicted octanol–water partition coefficient (Wildman–Crippen LogP) is 4.01. The minimum Gasteiger partial charge on any atom is -0.481 e. The van der Waals surface area contributed by atoms with Crippen molar-refractivity contribution in [1.82, 2.24) is 4.31 Å². The van der Waals surface area contributed by atoms with Crippen LogP contribution in [-0.2, 0) is 21.4 Å². The first kappa shape index (κ1) is 23.5. The zero-order valence-electron chi connectivity index (χ0n) is 17.0. The summed E-state index contributed by atoms with van der Waals surface area (Å²) in [5.41, 5.74) is 8.21. The molecule has 0 amide bonds. The molecule has 0 atom stereocenters. The number of hydrogen-bond donors (Lipinski definition) is 2. The van der Waals surface area contributed by atoms with Crippen molar-refractivity contribution in [1.29, 1.82) is 0 Å². The molecule has 0 aliphatic heterocycles. The maximum atomic E-state index is 13.8. The highest BCUT2D eigenvalue weighted by molar-refractivity contribution is 7.89. The zero-order valence-corrected chi connectivity index (χ0v) is 18.5. The lowest BCUT2D eigenvalue weighted by molar-refractivity contribution is -0.139. The van der Waals surface area contributed by atoms with Crippen LogP contribution in [0.5, 0.6) is 5.75 Å². The van der Waals surface area contributed by atoms with E-state index in [0.29, 0.717) is 28.1 Å². The Morgan fingerprint density at radius 3 is 2.56 bits per heavy atom. The summed E-state index contributed by atoms with van der Waals surface area (Å²) in [4.78, 5) is 10.7. The van der Waals surface area contributed by atoms with Crippen LogP contribution in [0.3, 0.4) is 0 Å². The van der Waals surface area contributed by atoms with Crippen molar-refractivity contribution in [2.24, 2.45) is 0 Å². The fraction of sp³-hybridized carbons (Fsp3) is 0.136. The average Bonchev–Trinajstić information content (AvgIpc) is 2.74. The number of nitrogens with two attached hydrogens (primary N) is 1. The fourth-order valence-corrected chi connectivity index (χ4v) is 4.32. The number of hydrogen-bond acceptors (Lipinski definition) is 5. The molecule has 0 aromatic heterocycles. The van der Waals surface area contributed by atoms with Gasteiger partial charge in [0.25, 0.3) is 0 Å². The lowest BCUT2D eigenvalue weighted by Crippen LogP contribution is -2.26. The van der Waals surface area contributed by atoms with Crippen LogP contribution in [0.2, 0.25) is 5.02 Å². The van der Waals surface area contributed by atoms with Crippen molar-refractivity contribution in [3.8, 4) is 16.9 Å². The summed E-state index contributed by atoms with van der Waals surface area (Å²) in [6.45, 7) is -0.563. The third-order valence-corrected chi connectivity index (χ3v) is 6.70. The van der Waals surface area contributed by atoms with E-state index in [1.807, 2.05) is 0 Å². The molecule has 0 unspecified atom stereocenters. The SMILES string of the molecule is CN(Cc1ccc(OCC(=O)O)c(-c2cccc(N)c2)c1)S(=O)(=O)c1ccc(Cl)c(F)c1. The summed E-state index contributed by atoms with van der Waals surface area (Å²) < 4.78 is 45.9. The number of rotatable bonds is 8. The number of sulfonamides is 1. The molecule has 0 fully saturated rings. The monoisotopic (exact) mass is 478 g/mol. The van der Waals surface area contributed by atoms with Gasteiger partial charge in [-0.05, 0) is 53.6 Å². The Morgan fingerprint density at radius 2 is 1.91 bits per heavy atom. The van der Waals surface area contributed by atoms with E-state index < -0.39 is 28.4 Å². The highest BCUT2D eigenvalue weighted by Crippen LogP contribution is 2.33. The number of carbonyl (C=O) groups is 1. The summed E-state index contributed by atoms with van der Waals surface area (Å²) in [5.74, 6) is -1.65. The summed E-state index contributed by atoms with van der Waals surface area (Å²) in [6, 6.07) is 15.1. The minimum atomic E-state index is -3.99. The van der Waals surface area contributed by atoms with E-state index in [0.717, 1.165) is 10.4 Å². The second kappa shape index (κ2) is 9.56. The average molecular weight is 479 g/mol. The standard InChI is InChI=1S/C22H20ClFN2O5S/c1-26(32(29,30)17-6-7-19(23)20(24)11-17)12-14-5-8-21(31-13-22(27)28)18(9-14)15-3-2-4-16(25)10-15/h2-11H,12-13,25H2,1H3,(H,27,28). The number of anilines is 1. The molecule has 3 aromatic carbocycles. The first-order valence-corrected chi connectivity index (χ1v) is 11.1. The third kappa shape index (κ3) is 5.37. The Morgan fingerprint density at radius 1 is 1.16 bits per heavy atom. The Labute approximate surface area is 189 Å². The Kier molecular flexibility index (Phi) is 7.02. The van der Waals surface area contributed by atoms with E-state index in [4.69, 9.17) is 27.2 Å². The van der Waals surface area contributed by atoms with E-state index in [9.17, 15) is 17.6 Å². The van der Waals surface area contributed by atoms with Gasteiger partial charge in [0.05, 0.1) is 9.92 Å². The second-order valence-corrected chi connectivity index (χ2v) is 9.43. The summed E-state index contributed by atoms with van der Waals surface area (Å²) in [5, 5.41) is 8.76. The lowest BCUT2D eigenvalue weighted by atomic mass is 10.0. The minimum absolute atomic E-state index is 0.0267. The van der Waals surface area contributed by atoms with Gasteiger partial charge in [0.2, 0.25) is 10.0 Å². The third-order valence-electron chi connectivity index (χ3n) is 4.60. The van der Waals surface area contributed by atoms with Gasteiger partial charge in [-0.1, -0.05) is 29.8 Å². The van der Waals surface area contributed by atoms with Gasteiger partial charge < -0.3 is 15.6 Å². The highest BCUT2D eigenvalue weighted by atomic mass is 35.5. The first-order valence-electron chi connectivity index (χ1n) is 9.33. The Balaban J connectivity index is 1.94. The van der Waals surface area contributed by atoms with Gasteiger partial charge in [-0.2, -0.15) is 4.31 Å². The highest BCUT2D eigenvalue weighted by Gasteiger charge is 2.23. The Bertz CT molecular complexity index is 1270. The second-order valence-electron chi connectivity index (χ2n) is 6.98. The van der Waals surface area contributed by atoms with Crippen LogP contribution in [-0.4, -0.2) is 37.5 Å². The molecule has 0 aliphatic rings. The van der Waals surface area contributed by atoms with E-state index in [-0.39, 0.29) is 16.5 Å². The number of ether oxygens (including phenoxy) is 1. The molecule has 0 bridgehead atoms. The Hall–Kier alpha value is -3.14. The number of aliphatic carboxylic acids is 1. The van der Waals surface area contributed by atoms with Gasteiger partial charge in [-0.25, -0.2) is 17.6 Å². The van der Waals surface area contributed by atoms with E-state index >= 15 is 0 Å². The summed E-state index contributed by atoms with van der Waals surface area (Å²) in [7, 11) is -2.61. The topological polar surface area (TPSA) is 110 Å². The van der Waals surface area contributed by atoms with Gasteiger partial charge >= 0.3 is 5.97 Å². The number of nitrogens with zero attached hydrogens (tertiary/aromatic N) is 1. The molecule has 168 valence electrons. The number of nitrogen functional groups attached to an aromatic ring is 1. The molecular weight excluding hydrogens is 459 g/mol. The molecule has 0 heterocycles. The van der Waals surface area contributed by atoms with Gasteiger partial charge in [-0.15, -0.1) is 0 Å². The van der Waals surface area contributed by atoms with Crippen LogP contribution in [0, 0.1) is 5.82 Å². The number of carboxylic acid groups (broad SMARTS) is 1. The van der Waals surface area contributed by atoms with Crippen molar-refractivity contribution < 1.29 is 27.4 Å². The predicted molar refractivity (Wildman–Crippen MR) is 119 cm³/mol. The molecule has 3 rings (SSSR count). The van der Waals surface area contributed by atoms with Crippen molar-refractivity contribution in [3.05, 3.63) is 77.1 Å². The maximum Gasteiger partial charge on any atom is 0.341 e. The molecule has 3 aromatic rings. The number of carboxylic acids is 1. The van der Waals surface area contributed by atoms with E-state index in [1.54, 1.807) is 42.5 Å². The van der Waals surface area contributed by atoms with Crippen LogP contribution in [0.25, 0.3) is 11.1 Å². The molecule has 0 spiro atoms. The van der Waals surface area contributed by atoms with Crippen LogP contribution in [0.15, 0.2) is 65.6 Å². The molecular formula is C22H20ClFN2O5S. The van der Waals surface area contributed by atoms with Gasteiger partial charge in [-0.3, -0.25) is 0 Å². The van der Waals surface area contributed by atoms with Crippen LogP contribution >= 0.6 is 11.6 Å². The quantitative estimate of drug-likeness (QED) is 0.473. The van der Waals surface area contributed by atoms with Crippen molar-refractivity contribution >= 4 is 33.3 Å². The van der Waals surface area contributed by atoms with Crippen LogP contribution < -0.4 is 10.5 Å². The molecule has 3 N–H and O–H groups in total. The molecule has 0 radical (unpaired) electrons. The molecule has 0 saturated carbocycles. The van der Waals surface area contributed by atoms with Gasteiger partial charge in [0.1, 0.15) is 11.6 Å². The first-order chi connectivity index (χ1) is 15.1. The smallest absolute Gasteiger partial charge is 0.341 e. The molecule has 0 saturated heterocycles. The molecule has 7 nitrogen and oxygen atoms in total. The van der Waals surface area contributed by atoms with Gasteiger partial charge in [0, 0.05) is 24.8 Å². The maximum absolute atomic E-state index is 13.8. The van der Waals surface area contributed by atoms with E-state index in [2.05, 4.69) is 0 Å². The summed E-state index contributed by atoms with van der Waals surface area (Å²) in [6.07, 6.45) is 0. The van der Waals surface area contributed by atoms with Crippen LogP contribution in [0.4, 0.5) is 10.1 Å². The van der Waals surface area contributed by atoms with Crippen molar-refractivity contribution in [2.75, 3.05) is 19.4 Å². The zero-order chi connectivity index (χ0) is 23.5. The lowest BCUT2D eigenvalue weighted by Gasteiger charge is -2.19. The molecule has 0 aliphatic carbocycles. The number of halogens is 2.